The molecule has 3 rings (SSSR count). The van der Waals surface area contributed by atoms with Crippen LogP contribution in [0.2, 0.25) is 5.02 Å². The lowest BCUT2D eigenvalue weighted by atomic mass is 10.1. The average molecular weight is 361 g/mol. The molecule has 128 valence electrons. The van der Waals surface area contributed by atoms with Crippen molar-refractivity contribution in [1.29, 1.82) is 0 Å². The molecule has 0 spiro atoms. The van der Waals surface area contributed by atoms with Gasteiger partial charge in [0.25, 0.3) is 11.8 Å². The Labute approximate surface area is 148 Å². The van der Waals surface area contributed by atoms with Crippen LogP contribution in [0.1, 0.15) is 45.1 Å². The second-order valence-electron chi connectivity index (χ2n) is 5.48. The highest BCUT2D eigenvalue weighted by molar-refractivity contribution is 6.33. The van der Waals surface area contributed by atoms with E-state index in [4.69, 9.17) is 21.2 Å². The number of aromatic nitrogens is 1. The predicted molar refractivity (Wildman–Crippen MR) is 87.4 cm³/mol. The van der Waals surface area contributed by atoms with Crippen LogP contribution in [-0.4, -0.2) is 33.9 Å². The summed E-state index contributed by atoms with van der Waals surface area (Å²) < 4.78 is 5.40. The van der Waals surface area contributed by atoms with Crippen molar-refractivity contribution in [2.24, 2.45) is 0 Å². The van der Waals surface area contributed by atoms with E-state index < -0.39 is 17.8 Å². The van der Waals surface area contributed by atoms with E-state index in [0.717, 1.165) is 0 Å². The fourth-order valence-electron chi connectivity index (χ4n) is 2.25. The SMILES string of the molecule is CC(C)Oc1ccc(Cl)c(C(=O)ON2C(=O)c3ccccc3C2=O)n1. The number of ether oxygens (including phenoxy) is 1. The Morgan fingerprint density at radius 3 is 2.24 bits per heavy atom. The monoisotopic (exact) mass is 360 g/mol. The molecular weight excluding hydrogens is 348 g/mol. The predicted octanol–water partition coefficient (Wildman–Crippen LogP) is 2.89. The largest absolute Gasteiger partial charge is 0.475 e. The van der Waals surface area contributed by atoms with Gasteiger partial charge in [-0.05, 0) is 32.0 Å². The number of imide groups is 1. The number of nitrogens with zero attached hydrogens (tertiary/aromatic N) is 2. The summed E-state index contributed by atoms with van der Waals surface area (Å²) in [6.45, 7) is 3.60. The quantitative estimate of drug-likeness (QED) is 0.779. The van der Waals surface area contributed by atoms with Crippen LogP contribution in [0.15, 0.2) is 36.4 Å². The van der Waals surface area contributed by atoms with Crippen LogP contribution in [0.3, 0.4) is 0 Å². The van der Waals surface area contributed by atoms with Crippen LogP contribution >= 0.6 is 11.6 Å². The molecule has 0 radical (unpaired) electrons. The van der Waals surface area contributed by atoms with Crippen molar-refractivity contribution in [2.75, 3.05) is 0 Å². The molecule has 1 aromatic heterocycles. The van der Waals surface area contributed by atoms with E-state index in [1.165, 1.54) is 24.3 Å². The lowest BCUT2D eigenvalue weighted by Crippen LogP contribution is -2.33. The summed E-state index contributed by atoms with van der Waals surface area (Å²) in [6, 6.07) is 9.10. The number of hydroxylamine groups is 2. The Morgan fingerprint density at radius 1 is 1.08 bits per heavy atom. The molecule has 7 nitrogen and oxygen atoms in total. The first-order chi connectivity index (χ1) is 11.9. The lowest BCUT2D eigenvalue weighted by molar-refractivity contribution is -0.0588. The minimum absolute atomic E-state index is 0.0118. The molecule has 8 heteroatoms. The zero-order valence-electron chi connectivity index (χ0n) is 13.4. The summed E-state index contributed by atoms with van der Waals surface area (Å²) in [5.74, 6) is -2.30. The van der Waals surface area contributed by atoms with Crippen LogP contribution in [0, 0.1) is 0 Å². The number of halogens is 1. The second-order valence-corrected chi connectivity index (χ2v) is 5.88. The number of amides is 2. The van der Waals surface area contributed by atoms with Gasteiger partial charge in [0.2, 0.25) is 5.88 Å². The first-order valence-electron chi connectivity index (χ1n) is 7.42. The molecule has 2 aromatic rings. The Bertz CT molecular complexity index is 846. The maximum absolute atomic E-state index is 12.3. The third-order valence-corrected chi connectivity index (χ3v) is 3.61. The number of hydrogen-bond acceptors (Lipinski definition) is 6. The molecule has 2 amide bonds. The Balaban J connectivity index is 1.84. The van der Waals surface area contributed by atoms with Gasteiger partial charge in [0, 0.05) is 6.07 Å². The van der Waals surface area contributed by atoms with Gasteiger partial charge in [-0.3, -0.25) is 9.59 Å². The molecule has 0 saturated carbocycles. The van der Waals surface area contributed by atoms with Crippen LogP contribution in [-0.2, 0) is 4.84 Å². The lowest BCUT2D eigenvalue weighted by Gasteiger charge is -2.14. The molecule has 1 aromatic carbocycles. The second kappa shape index (κ2) is 6.52. The highest BCUT2D eigenvalue weighted by Crippen LogP contribution is 2.25. The van der Waals surface area contributed by atoms with Gasteiger partial charge in [-0.25, -0.2) is 9.78 Å². The average Bonchev–Trinajstić information content (AvgIpc) is 2.81. The molecule has 1 aliphatic heterocycles. The smallest absolute Gasteiger partial charge is 0.383 e. The molecule has 0 fully saturated rings. The number of pyridine rings is 1. The topological polar surface area (TPSA) is 85.8 Å². The van der Waals surface area contributed by atoms with Crippen molar-refractivity contribution < 1.29 is 24.0 Å². The minimum atomic E-state index is -1.03. The highest BCUT2D eigenvalue weighted by atomic mass is 35.5. The first kappa shape index (κ1) is 16.9. The molecule has 0 atom stereocenters. The number of benzene rings is 1. The van der Waals surface area contributed by atoms with Gasteiger partial charge < -0.3 is 9.57 Å². The van der Waals surface area contributed by atoms with Crippen molar-refractivity contribution in [1.82, 2.24) is 10.0 Å². The summed E-state index contributed by atoms with van der Waals surface area (Å²) in [5, 5.41) is 0.416. The van der Waals surface area contributed by atoms with Crippen LogP contribution in [0.25, 0.3) is 0 Å². The Morgan fingerprint density at radius 2 is 1.68 bits per heavy atom. The summed E-state index contributed by atoms with van der Waals surface area (Å²) in [4.78, 5) is 45.7. The van der Waals surface area contributed by atoms with E-state index in [0.29, 0.717) is 5.06 Å². The third-order valence-electron chi connectivity index (χ3n) is 3.30. The minimum Gasteiger partial charge on any atom is -0.475 e. The van der Waals surface area contributed by atoms with Gasteiger partial charge in [0.1, 0.15) is 0 Å². The number of carbonyl (C=O) groups excluding carboxylic acids is 3. The van der Waals surface area contributed by atoms with Crippen molar-refractivity contribution in [2.45, 2.75) is 20.0 Å². The fraction of sp³-hybridized carbons (Fsp3) is 0.176. The normalized spacial score (nSPS) is 13.2. The summed E-state index contributed by atoms with van der Waals surface area (Å²) >= 11 is 5.97. The highest BCUT2D eigenvalue weighted by Gasteiger charge is 2.39. The van der Waals surface area contributed by atoms with Gasteiger partial charge in [0.05, 0.1) is 22.3 Å². The maximum atomic E-state index is 12.3. The van der Waals surface area contributed by atoms with E-state index in [9.17, 15) is 14.4 Å². The Hall–Kier alpha value is -2.93. The molecular formula is C17H13ClN2O5. The van der Waals surface area contributed by atoms with Gasteiger partial charge in [0.15, 0.2) is 5.69 Å². The molecule has 0 aliphatic carbocycles. The molecule has 25 heavy (non-hydrogen) atoms. The molecule has 1 aliphatic rings. The molecule has 0 saturated heterocycles. The van der Waals surface area contributed by atoms with E-state index in [1.54, 1.807) is 26.0 Å². The fourth-order valence-corrected chi connectivity index (χ4v) is 2.43. The van der Waals surface area contributed by atoms with E-state index in [-0.39, 0.29) is 33.8 Å². The number of rotatable bonds is 4. The van der Waals surface area contributed by atoms with Gasteiger partial charge in [-0.15, -0.1) is 0 Å². The number of fused-ring (bicyclic) bond motifs is 1. The van der Waals surface area contributed by atoms with Crippen molar-refractivity contribution in [3.8, 4) is 5.88 Å². The number of carbonyl (C=O) groups is 3. The molecule has 0 unspecified atom stereocenters. The zero-order valence-corrected chi connectivity index (χ0v) is 14.1. The van der Waals surface area contributed by atoms with Crippen LogP contribution in [0.4, 0.5) is 0 Å². The van der Waals surface area contributed by atoms with Crippen molar-refractivity contribution in [3.05, 3.63) is 58.2 Å². The Kier molecular flexibility index (Phi) is 4.41. The van der Waals surface area contributed by atoms with E-state index in [1.807, 2.05) is 0 Å². The maximum Gasteiger partial charge on any atom is 0.383 e. The molecule has 0 N–H and O–H groups in total. The summed E-state index contributed by atoms with van der Waals surface area (Å²) in [6.07, 6.45) is -0.159. The first-order valence-corrected chi connectivity index (χ1v) is 7.79. The van der Waals surface area contributed by atoms with E-state index >= 15 is 0 Å². The molecule has 2 heterocycles. The summed E-state index contributed by atoms with van der Waals surface area (Å²) in [5.41, 5.74) is 0.0730. The van der Waals surface area contributed by atoms with Crippen molar-refractivity contribution in [3.63, 3.8) is 0 Å². The van der Waals surface area contributed by atoms with Gasteiger partial charge >= 0.3 is 5.97 Å². The van der Waals surface area contributed by atoms with Crippen LogP contribution in [0.5, 0.6) is 5.88 Å². The standard InChI is InChI=1S/C17H13ClN2O5/c1-9(2)24-13-8-7-12(18)14(19-13)17(23)25-20-15(21)10-5-3-4-6-11(10)16(20)22/h3-9H,1-2H3. The van der Waals surface area contributed by atoms with Gasteiger partial charge in [-0.1, -0.05) is 28.8 Å². The molecule has 0 bridgehead atoms. The van der Waals surface area contributed by atoms with E-state index in [2.05, 4.69) is 4.98 Å². The summed E-state index contributed by atoms with van der Waals surface area (Å²) in [7, 11) is 0. The van der Waals surface area contributed by atoms with Crippen LogP contribution < -0.4 is 4.74 Å². The van der Waals surface area contributed by atoms with Crippen molar-refractivity contribution >= 4 is 29.4 Å². The third kappa shape index (κ3) is 3.18. The van der Waals surface area contributed by atoms with Gasteiger partial charge in [-0.2, -0.15) is 0 Å². The number of hydrogen-bond donors (Lipinski definition) is 0. The zero-order chi connectivity index (χ0) is 18.1.